The summed E-state index contributed by atoms with van der Waals surface area (Å²) in [6.07, 6.45) is 2.15. The van der Waals surface area contributed by atoms with Gasteiger partial charge in [-0.1, -0.05) is 17.4 Å². The van der Waals surface area contributed by atoms with Crippen LogP contribution in [0.4, 0.5) is 5.13 Å². The van der Waals surface area contributed by atoms with E-state index < -0.39 is 0 Å². The van der Waals surface area contributed by atoms with Crippen LogP contribution in [0, 0.1) is 0 Å². The Morgan fingerprint density at radius 2 is 2.28 bits per heavy atom. The molecule has 1 heterocycles. The Labute approximate surface area is 116 Å². The number of hydrogen-bond donors (Lipinski definition) is 1. The number of nitrogens with zero attached hydrogens (tertiary/aromatic N) is 2. The zero-order valence-corrected chi connectivity index (χ0v) is 12.6. The third-order valence-electron chi connectivity index (χ3n) is 3.06. The van der Waals surface area contributed by atoms with Crippen LogP contribution in [0.5, 0.6) is 0 Å². The number of nitrogen functional groups attached to an aromatic ring is 1. The van der Waals surface area contributed by atoms with E-state index in [1.54, 1.807) is 11.3 Å². The van der Waals surface area contributed by atoms with Gasteiger partial charge in [-0.25, -0.2) is 4.98 Å². The van der Waals surface area contributed by atoms with Gasteiger partial charge in [0.25, 0.3) is 0 Å². The SMILES string of the molecule is CSCC(C)N(C)Cc1ccc2nc(N)sc2c1. The average Bonchev–Trinajstić information content (AvgIpc) is 2.68. The summed E-state index contributed by atoms with van der Waals surface area (Å²) in [7, 11) is 2.17. The normalized spacial score (nSPS) is 13.3. The van der Waals surface area contributed by atoms with Crippen LogP contribution >= 0.6 is 23.1 Å². The fraction of sp³-hybridized carbons (Fsp3) is 0.462. The highest BCUT2D eigenvalue weighted by Crippen LogP contribution is 2.25. The Bertz CT molecular complexity index is 524. The summed E-state index contributed by atoms with van der Waals surface area (Å²) in [6.45, 7) is 3.23. The fourth-order valence-corrected chi connectivity index (χ4v) is 3.43. The first-order chi connectivity index (χ1) is 8.60. The molecule has 2 rings (SSSR count). The van der Waals surface area contributed by atoms with Gasteiger partial charge < -0.3 is 5.73 Å². The molecule has 0 fully saturated rings. The highest BCUT2D eigenvalue weighted by atomic mass is 32.2. The second-order valence-corrected chi connectivity index (χ2v) is 6.55. The lowest BCUT2D eigenvalue weighted by atomic mass is 10.2. The average molecular weight is 281 g/mol. The number of benzene rings is 1. The molecule has 3 nitrogen and oxygen atoms in total. The molecular formula is C13H19N3S2. The summed E-state index contributed by atoms with van der Waals surface area (Å²) in [5.41, 5.74) is 8.05. The molecule has 1 aromatic carbocycles. The minimum atomic E-state index is 0.585. The van der Waals surface area contributed by atoms with Gasteiger partial charge in [-0.15, -0.1) is 0 Å². The van der Waals surface area contributed by atoms with E-state index in [2.05, 4.69) is 48.3 Å². The van der Waals surface area contributed by atoms with Gasteiger partial charge in [0, 0.05) is 18.3 Å². The topological polar surface area (TPSA) is 42.2 Å². The van der Waals surface area contributed by atoms with Gasteiger partial charge in [0.2, 0.25) is 0 Å². The van der Waals surface area contributed by atoms with Gasteiger partial charge in [0.05, 0.1) is 10.2 Å². The standard InChI is InChI=1S/C13H19N3S2/c1-9(8-17-3)16(2)7-10-4-5-11-12(6-10)18-13(14)15-11/h4-6,9H,7-8H2,1-3H3,(H2,14,15). The van der Waals surface area contributed by atoms with Crippen molar-refractivity contribution in [2.45, 2.75) is 19.5 Å². The second-order valence-electron chi connectivity index (χ2n) is 4.57. The van der Waals surface area contributed by atoms with E-state index in [1.165, 1.54) is 10.3 Å². The largest absolute Gasteiger partial charge is 0.375 e. The first kappa shape index (κ1) is 13.6. The van der Waals surface area contributed by atoms with Crippen molar-refractivity contribution in [2.75, 3.05) is 24.8 Å². The highest BCUT2D eigenvalue weighted by molar-refractivity contribution is 7.98. The number of fused-ring (bicyclic) bond motifs is 1. The molecule has 1 atom stereocenters. The maximum Gasteiger partial charge on any atom is 0.181 e. The van der Waals surface area contributed by atoms with E-state index in [-0.39, 0.29) is 0 Å². The molecule has 0 aliphatic rings. The molecule has 0 saturated carbocycles. The van der Waals surface area contributed by atoms with Crippen LogP contribution in [0.1, 0.15) is 12.5 Å². The number of aromatic nitrogens is 1. The first-order valence-electron chi connectivity index (χ1n) is 5.94. The lowest BCUT2D eigenvalue weighted by molar-refractivity contribution is 0.270. The van der Waals surface area contributed by atoms with E-state index in [4.69, 9.17) is 5.73 Å². The van der Waals surface area contributed by atoms with Crippen LogP contribution in [0.3, 0.4) is 0 Å². The number of hydrogen-bond acceptors (Lipinski definition) is 5. The van der Waals surface area contributed by atoms with Crippen molar-refractivity contribution in [1.29, 1.82) is 0 Å². The smallest absolute Gasteiger partial charge is 0.181 e. The lowest BCUT2D eigenvalue weighted by Gasteiger charge is -2.24. The maximum absolute atomic E-state index is 5.72. The summed E-state index contributed by atoms with van der Waals surface area (Å²) >= 11 is 3.44. The third-order valence-corrected chi connectivity index (χ3v) is 4.72. The van der Waals surface area contributed by atoms with E-state index in [1.807, 2.05) is 11.8 Å². The monoisotopic (exact) mass is 281 g/mol. The Morgan fingerprint density at radius 1 is 1.50 bits per heavy atom. The first-order valence-corrected chi connectivity index (χ1v) is 8.15. The molecular weight excluding hydrogens is 262 g/mol. The Kier molecular flexibility index (Phi) is 4.48. The van der Waals surface area contributed by atoms with E-state index >= 15 is 0 Å². The zero-order valence-electron chi connectivity index (χ0n) is 11.0. The van der Waals surface area contributed by atoms with Gasteiger partial charge in [0.1, 0.15) is 0 Å². The predicted octanol–water partition coefficient (Wildman–Crippen LogP) is 3.06. The molecule has 0 amide bonds. The van der Waals surface area contributed by atoms with Gasteiger partial charge in [0.15, 0.2) is 5.13 Å². The highest BCUT2D eigenvalue weighted by Gasteiger charge is 2.10. The van der Waals surface area contributed by atoms with Gasteiger partial charge in [-0.3, -0.25) is 4.90 Å². The molecule has 0 radical (unpaired) electrons. The van der Waals surface area contributed by atoms with Crippen molar-refractivity contribution in [1.82, 2.24) is 9.88 Å². The zero-order chi connectivity index (χ0) is 13.1. The molecule has 0 spiro atoms. The van der Waals surface area contributed by atoms with Crippen LogP contribution < -0.4 is 5.73 Å². The van der Waals surface area contributed by atoms with Crippen molar-refractivity contribution in [2.24, 2.45) is 0 Å². The van der Waals surface area contributed by atoms with Gasteiger partial charge in [-0.2, -0.15) is 11.8 Å². The van der Waals surface area contributed by atoms with Crippen LogP contribution in [-0.4, -0.2) is 35.0 Å². The molecule has 2 N–H and O–H groups in total. The van der Waals surface area contributed by atoms with Crippen molar-refractivity contribution >= 4 is 38.4 Å². The molecule has 0 bridgehead atoms. The van der Waals surface area contributed by atoms with Crippen LogP contribution in [0.2, 0.25) is 0 Å². The third kappa shape index (κ3) is 3.16. The summed E-state index contributed by atoms with van der Waals surface area (Å²) in [6, 6.07) is 6.99. The molecule has 1 aromatic heterocycles. The van der Waals surface area contributed by atoms with E-state index in [0.29, 0.717) is 11.2 Å². The van der Waals surface area contributed by atoms with Crippen LogP contribution in [0.25, 0.3) is 10.2 Å². The number of rotatable bonds is 5. The van der Waals surface area contributed by atoms with Gasteiger partial charge in [-0.05, 0) is 37.9 Å². The van der Waals surface area contributed by atoms with Crippen molar-refractivity contribution in [3.8, 4) is 0 Å². The lowest BCUT2D eigenvalue weighted by Crippen LogP contribution is -2.30. The molecule has 0 aliphatic carbocycles. The fourth-order valence-electron chi connectivity index (χ4n) is 1.90. The minimum absolute atomic E-state index is 0.585. The Balaban J connectivity index is 2.11. The Morgan fingerprint density at radius 3 is 3.00 bits per heavy atom. The van der Waals surface area contributed by atoms with Crippen LogP contribution in [-0.2, 0) is 6.54 Å². The number of thioether (sulfide) groups is 1. The molecule has 0 aliphatic heterocycles. The van der Waals surface area contributed by atoms with Crippen molar-refractivity contribution in [3.05, 3.63) is 23.8 Å². The van der Waals surface area contributed by atoms with Crippen molar-refractivity contribution in [3.63, 3.8) is 0 Å². The van der Waals surface area contributed by atoms with Crippen molar-refractivity contribution < 1.29 is 0 Å². The summed E-state index contributed by atoms with van der Waals surface area (Å²) in [4.78, 5) is 6.65. The Hall–Kier alpha value is -0.780. The minimum Gasteiger partial charge on any atom is -0.375 e. The van der Waals surface area contributed by atoms with Crippen LogP contribution in [0.15, 0.2) is 18.2 Å². The molecule has 0 saturated heterocycles. The molecule has 98 valence electrons. The molecule has 2 aromatic rings. The predicted molar refractivity (Wildman–Crippen MR) is 83.3 cm³/mol. The van der Waals surface area contributed by atoms with E-state index in [9.17, 15) is 0 Å². The maximum atomic E-state index is 5.72. The number of thiazole rings is 1. The molecule has 18 heavy (non-hydrogen) atoms. The number of anilines is 1. The summed E-state index contributed by atoms with van der Waals surface area (Å²) in [5.74, 6) is 1.16. The van der Waals surface area contributed by atoms with E-state index in [0.717, 1.165) is 17.8 Å². The summed E-state index contributed by atoms with van der Waals surface area (Å²) in [5, 5.41) is 0.645. The second kappa shape index (κ2) is 5.91. The summed E-state index contributed by atoms with van der Waals surface area (Å²) < 4.78 is 1.18. The quantitative estimate of drug-likeness (QED) is 0.914. The molecule has 1 unspecified atom stereocenters. The van der Waals surface area contributed by atoms with Gasteiger partial charge >= 0.3 is 0 Å². The number of nitrogens with two attached hydrogens (primary N) is 1. The molecule has 5 heteroatoms.